The van der Waals surface area contributed by atoms with Gasteiger partial charge in [0.1, 0.15) is 6.07 Å². The number of Topliss-reactive ketones (excluding diaryl/α,β-unsaturated/α-hetero) is 1. The number of aromatic nitrogens is 1. The molecule has 3 aromatic rings. The Kier molecular flexibility index (Phi) is 3.83. The number of benzene rings is 2. The summed E-state index contributed by atoms with van der Waals surface area (Å²) >= 11 is 0. The molecule has 1 heterocycles. The standard InChI is InChI=1S/C17H13N3O3S/c1-11(21)12-5-7-14(8-6-12)24(22,23)20-16-4-2-3-15-13(9-18)10-19-17(15)16/h2-8,10,19-20H,1H3. The van der Waals surface area contributed by atoms with Crippen molar-refractivity contribution in [3.05, 3.63) is 59.8 Å². The first kappa shape index (κ1) is 15.8. The summed E-state index contributed by atoms with van der Waals surface area (Å²) in [7, 11) is -3.81. The van der Waals surface area contributed by atoms with E-state index in [9.17, 15) is 13.2 Å². The largest absolute Gasteiger partial charge is 0.358 e. The number of nitrogens with zero attached hydrogens (tertiary/aromatic N) is 1. The van der Waals surface area contributed by atoms with Gasteiger partial charge in [0.15, 0.2) is 5.78 Å². The lowest BCUT2D eigenvalue weighted by atomic mass is 10.2. The van der Waals surface area contributed by atoms with E-state index < -0.39 is 10.0 Å². The Balaban J connectivity index is 1.99. The number of nitriles is 1. The number of carbonyl (C=O) groups excluding carboxylic acids is 1. The van der Waals surface area contributed by atoms with Crippen molar-refractivity contribution in [3.63, 3.8) is 0 Å². The van der Waals surface area contributed by atoms with Gasteiger partial charge >= 0.3 is 0 Å². The fourth-order valence-electron chi connectivity index (χ4n) is 2.40. The van der Waals surface area contributed by atoms with Crippen LogP contribution in [0.4, 0.5) is 5.69 Å². The van der Waals surface area contributed by atoms with Gasteiger partial charge in [-0.2, -0.15) is 5.26 Å². The number of sulfonamides is 1. The molecule has 0 unspecified atom stereocenters. The van der Waals surface area contributed by atoms with E-state index in [1.54, 1.807) is 18.2 Å². The van der Waals surface area contributed by atoms with Gasteiger partial charge in [0.05, 0.1) is 21.7 Å². The fourth-order valence-corrected chi connectivity index (χ4v) is 3.48. The zero-order valence-electron chi connectivity index (χ0n) is 12.7. The van der Waals surface area contributed by atoms with E-state index in [0.29, 0.717) is 27.7 Å². The smallest absolute Gasteiger partial charge is 0.261 e. The number of aromatic amines is 1. The second-order valence-electron chi connectivity index (χ2n) is 5.23. The topological polar surface area (TPSA) is 103 Å². The molecule has 0 fully saturated rings. The number of carbonyl (C=O) groups is 1. The molecule has 0 spiro atoms. The molecule has 0 aliphatic heterocycles. The summed E-state index contributed by atoms with van der Waals surface area (Å²) in [6.45, 7) is 1.42. The van der Waals surface area contributed by atoms with E-state index in [1.807, 2.05) is 6.07 Å². The maximum atomic E-state index is 12.5. The lowest BCUT2D eigenvalue weighted by Crippen LogP contribution is -2.13. The number of nitrogens with one attached hydrogen (secondary N) is 2. The Bertz CT molecular complexity index is 1070. The highest BCUT2D eigenvalue weighted by atomic mass is 32.2. The third kappa shape index (κ3) is 2.75. The molecule has 7 heteroatoms. The molecule has 24 heavy (non-hydrogen) atoms. The van der Waals surface area contributed by atoms with E-state index in [0.717, 1.165) is 0 Å². The summed E-state index contributed by atoms with van der Waals surface area (Å²) in [5, 5.41) is 9.70. The SMILES string of the molecule is CC(=O)c1ccc(S(=O)(=O)Nc2cccc3c(C#N)c[nH]c23)cc1. The normalized spacial score (nSPS) is 11.2. The third-order valence-electron chi connectivity index (χ3n) is 3.65. The minimum absolute atomic E-state index is 0.0524. The van der Waals surface area contributed by atoms with Crippen LogP contribution in [0.5, 0.6) is 0 Å². The number of hydrogen-bond donors (Lipinski definition) is 2. The van der Waals surface area contributed by atoms with Crippen molar-refractivity contribution in [1.82, 2.24) is 4.98 Å². The van der Waals surface area contributed by atoms with Gasteiger partial charge < -0.3 is 4.98 Å². The van der Waals surface area contributed by atoms with Crippen molar-refractivity contribution in [2.45, 2.75) is 11.8 Å². The summed E-state index contributed by atoms with van der Waals surface area (Å²) in [4.78, 5) is 14.2. The van der Waals surface area contributed by atoms with E-state index in [2.05, 4.69) is 9.71 Å². The molecule has 6 nitrogen and oxygen atoms in total. The Morgan fingerprint density at radius 1 is 1.17 bits per heavy atom. The van der Waals surface area contributed by atoms with Crippen molar-refractivity contribution in [1.29, 1.82) is 5.26 Å². The predicted molar refractivity (Wildman–Crippen MR) is 90.3 cm³/mol. The van der Waals surface area contributed by atoms with E-state index in [1.165, 1.54) is 37.4 Å². The van der Waals surface area contributed by atoms with Crippen LogP contribution in [0.2, 0.25) is 0 Å². The van der Waals surface area contributed by atoms with Gasteiger partial charge in [0, 0.05) is 17.1 Å². The highest BCUT2D eigenvalue weighted by molar-refractivity contribution is 7.92. The Morgan fingerprint density at radius 3 is 2.50 bits per heavy atom. The summed E-state index contributed by atoms with van der Waals surface area (Å²) in [6.07, 6.45) is 1.53. The van der Waals surface area contributed by atoms with Gasteiger partial charge in [-0.15, -0.1) is 0 Å². The number of hydrogen-bond acceptors (Lipinski definition) is 4. The fraction of sp³-hybridized carbons (Fsp3) is 0.0588. The second kappa shape index (κ2) is 5.83. The van der Waals surface area contributed by atoms with Crippen LogP contribution >= 0.6 is 0 Å². The van der Waals surface area contributed by atoms with Gasteiger partial charge in [0.25, 0.3) is 10.0 Å². The van der Waals surface area contributed by atoms with Crippen LogP contribution in [0.1, 0.15) is 22.8 Å². The maximum Gasteiger partial charge on any atom is 0.261 e. The van der Waals surface area contributed by atoms with E-state index in [-0.39, 0.29) is 10.7 Å². The van der Waals surface area contributed by atoms with Crippen LogP contribution in [0, 0.1) is 11.3 Å². The van der Waals surface area contributed by atoms with Crippen LogP contribution in [0.3, 0.4) is 0 Å². The molecule has 0 atom stereocenters. The van der Waals surface area contributed by atoms with Crippen molar-refractivity contribution in [3.8, 4) is 6.07 Å². The Labute approximate surface area is 138 Å². The minimum Gasteiger partial charge on any atom is -0.358 e. The lowest BCUT2D eigenvalue weighted by Gasteiger charge is -2.09. The highest BCUT2D eigenvalue weighted by Crippen LogP contribution is 2.27. The average molecular weight is 339 g/mol. The Hall–Kier alpha value is -3.11. The number of ketones is 1. The molecule has 0 saturated carbocycles. The van der Waals surface area contributed by atoms with Crippen LogP contribution in [-0.2, 0) is 10.0 Å². The molecule has 0 radical (unpaired) electrons. The first-order chi connectivity index (χ1) is 11.4. The Morgan fingerprint density at radius 2 is 1.88 bits per heavy atom. The molecule has 0 aliphatic carbocycles. The quantitative estimate of drug-likeness (QED) is 0.713. The highest BCUT2D eigenvalue weighted by Gasteiger charge is 2.17. The maximum absolute atomic E-state index is 12.5. The molecule has 0 aliphatic rings. The van der Waals surface area contributed by atoms with Gasteiger partial charge in [-0.1, -0.05) is 24.3 Å². The zero-order valence-corrected chi connectivity index (χ0v) is 13.5. The molecular formula is C17H13N3O3S. The monoisotopic (exact) mass is 339 g/mol. The third-order valence-corrected chi connectivity index (χ3v) is 5.03. The molecule has 1 aromatic heterocycles. The minimum atomic E-state index is -3.81. The van der Waals surface area contributed by atoms with Crippen molar-refractivity contribution in [2.24, 2.45) is 0 Å². The van der Waals surface area contributed by atoms with E-state index >= 15 is 0 Å². The van der Waals surface area contributed by atoms with Crippen LogP contribution in [-0.4, -0.2) is 19.2 Å². The number of rotatable bonds is 4. The summed E-state index contributed by atoms with van der Waals surface area (Å²) in [5.74, 6) is -0.132. The first-order valence-electron chi connectivity index (χ1n) is 7.06. The predicted octanol–water partition coefficient (Wildman–Crippen LogP) is 3.04. The van der Waals surface area contributed by atoms with Gasteiger partial charge in [-0.05, 0) is 25.1 Å². The molecule has 0 bridgehead atoms. The van der Waals surface area contributed by atoms with Gasteiger partial charge in [0.2, 0.25) is 0 Å². The molecule has 120 valence electrons. The molecule has 3 rings (SSSR count). The van der Waals surface area contributed by atoms with Crippen molar-refractivity contribution >= 4 is 32.4 Å². The first-order valence-corrected chi connectivity index (χ1v) is 8.55. The van der Waals surface area contributed by atoms with Crippen molar-refractivity contribution < 1.29 is 13.2 Å². The molecule has 2 N–H and O–H groups in total. The van der Waals surface area contributed by atoms with Crippen LogP contribution < -0.4 is 4.72 Å². The summed E-state index contributed by atoms with van der Waals surface area (Å²) < 4.78 is 27.6. The summed E-state index contributed by atoms with van der Waals surface area (Å²) in [6, 6.07) is 12.8. The van der Waals surface area contributed by atoms with Crippen LogP contribution in [0.15, 0.2) is 53.6 Å². The number of fused-ring (bicyclic) bond motifs is 1. The second-order valence-corrected chi connectivity index (χ2v) is 6.91. The number of para-hydroxylation sites is 1. The number of anilines is 1. The van der Waals surface area contributed by atoms with E-state index in [4.69, 9.17) is 5.26 Å². The molecule has 0 saturated heterocycles. The zero-order chi connectivity index (χ0) is 17.3. The van der Waals surface area contributed by atoms with Crippen LogP contribution in [0.25, 0.3) is 10.9 Å². The molecular weight excluding hydrogens is 326 g/mol. The number of H-pyrrole nitrogens is 1. The summed E-state index contributed by atoms with van der Waals surface area (Å²) in [5.41, 5.74) is 1.78. The van der Waals surface area contributed by atoms with Crippen molar-refractivity contribution in [2.75, 3.05) is 4.72 Å². The molecule has 0 amide bonds. The van der Waals surface area contributed by atoms with Gasteiger partial charge in [-0.3, -0.25) is 9.52 Å². The molecule has 2 aromatic carbocycles. The average Bonchev–Trinajstić information content (AvgIpc) is 2.99. The lowest BCUT2D eigenvalue weighted by molar-refractivity contribution is 0.101. The van der Waals surface area contributed by atoms with Gasteiger partial charge in [-0.25, -0.2) is 8.42 Å².